The van der Waals surface area contributed by atoms with Gasteiger partial charge in [0.05, 0.1) is 0 Å². The van der Waals surface area contributed by atoms with Crippen LogP contribution in [0.3, 0.4) is 0 Å². The molecule has 0 aromatic rings. The molecular formula is C12H20N4O3. The molecule has 4 amide bonds. The third kappa shape index (κ3) is 2.56. The van der Waals surface area contributed by atoms with Crippen LogP contribution in [0.5, 0.6) is 0 Å². The Kier molecular flexibility index (Phi) is 3.49. The zero-order valence-corrected chi connectivity index (χ0v) is 11.5. The number of imide groups is 1. The molecule has 7 nitrogen and oxygen atoms in total. The molecule has 2 N–H and O–H groups in total. The Hall–Kier alpha value is -1.63. The second kappa shape index (κ2) is 4.80. The molecule has 2 saturated heterocycles. The highest BCUT2D eigenvalue weighted by molar-refractivity contribution is 6.07. The molecule has 19 heavy (non-hydrogen) atoms. The molecule has 0 spiro atoms. The number of hydrogen-bond acceptors (Lipinski definition) is 4. The lowest BCUT2D eigenvalue weighted by atomic mass is 10.0. The lowest BCUT2D eigenvalue weighted by Crippen LogP contribution is -2.55. The average molecular weight is 268 g/mol. The molecule has 2 heterocycles. The van der Waals surface area contributed by atoms with Crippen molar-refractivity contribution in [3.05, 3.63) is 0 Å². The molecule has 2 aliphatic heterocycles. The van der Waals surface area contributed by atoms with Crippen LogP contribution < -0.4 is 10.6 Å². The van der Waals surface area contributed by atoms with Crippen LogP contribution in [-0.4, -0.2) is 65.4 Å². The number of carbonyl (C=O) groups is 3. The summed E-state index contributed by atoms with van der Waals surface area (Å²) < 4.78 is 0. The maximum absolute atomic E-state index is 12.2. The Balaban J connectivity index is 2.02. The molecule has 0 bridgehead atoms. The number of hydrogen-bond donors (Lipinski definition) is 2. The summed E-state index contributed by atoms with van der Waals surface area (Å²) in [5.74, 6) is -0.481. The minimum Gasteiger partial charge on any atom is -0.338 e. The van der Waals surface area contributed by atoms with Crippen molar-refractivity contribution in [2.75, 3.05) is 26.2 Å². The Morgan fingerprint density at radius 2 is 2.11 bits per heavy atom. The van der Waals surface area contributed by atoms with Gasteiger partial charge in [0, 0.05) is 25.7 Å². The maximum atomic E-state index is 12.2. The van der Waals surface area contributed by atoms with Crippen LogP contribution in [0, 0.1) is 0 Å². The summed E-state index contributed by atoms with van der Waals surface area (Å²) in [6.07, 6.45) is 0. The summed E-state index contributed by atoms with van der Waals surface area (Å²) in [6.45, 7) is 7.24. The van der Waals surface area contributed by atoms with E-state index in [2.05, 4.69) is 10.6 Å². The van der Waals surface area contributed by atoms with E-state index in [1.165, 1.54) is 4.90 Å². The van der Waals surface area contributed by atoms with Gasteiger partial charge in [0.1, 0.15) is 12.1 Å². The normalized spacial score (nSPS) is 26.6. The average Bonchev–Trinajstić information content (AvgIpc) is 2.52. The quantitative estimate of drug-likeness (QED) is 0.638. The summed E-state index contributed by atoms with van der Waals surface area (Å²) in [5.41, 5.74) is -0.966. The van der Waals surface area contributed by atoms with Crippen molar-refractivity contribution in [2.24, 2.45) is 0 Å². The van der Waals surface area contributed by atoms with Gasteiger partial charge in [-0.25, -0.2) is 4.79 Å². The van der Waals surface area contributed by atoms with Crippen molar-refractivity contribution in [3.63, 3.8) is 0 Å². The molecule has 2 rings (SSSR count). The fourth-order valence-electron chi connectivity index (χ4n) is 2.36. The number of rotatable bonds is 2. The molecule has 2 fully saturated rings. The molecule has 0 aliphatic carbocycles. The van der Waals surface area contributed by atoms with E-state index in [-0.39, 0.29) is 24.4 Å². The van der Waals surface area contributed by atoms with E-state index < -0.39 is 11.6 Å². The van der Waals surface area contributed by atoms with Crippen LogP contribution in [0.15, 0.2) is 0 Å². The summed E-state index contributed by atoms with van der Waals surface area (Å²) in [5, 5.41) is 5.49. The molecule has 7 heteroatoms. The lowest BCUT2D eigenvalue weighted by Gasteiger charge is -2.34. The van der Waals surface area contributed by atoms with Gasteiger partial charge in [0.2, 0.25) is 5.91 Å². The van der Waals surface area contributed by atoms with Gasteiger partial charge < -0.3 is 15.1 Å². The van der Waals surface area contributed by atoms with Crippen LogP contribution in [0.4, 0.5) is 4.79 Å². The monoisotopic (exact) mass is 268 g/mol. The molecule has 0 radical (unpaired) electrons. The Morgan fingerprint density at radius 1 is 1.42 bits per heavy atom. The van der Waals surface area contributed by atoms with E-state index in [9.17, 15) is 14.4 Å². The van der Waals surface area contributed by atoms with Crippen LogP contribution in [0.1, 0.15) is 20.8 Å². The molecule has 0 aromatic carbocycles. The molecule has 2 aliphatic rings. The lowest BCUT2D eigenvalue weighted by molar-refractivity contribution is -0.134. The molecule has 1 unspecified atom stereocenters. The minimum atomic E-state index is -0.966. The highest BCUT2D eigenvalue weighted by atomic mass is 16.2. The molecule has 106 valence electrons. The topological polar surface area (TPSA) is 81.8 Å². The van der Waals surface area contributed by atoms with E-state index in [4.69, 9.17) is 0 Å². The molecular weight excluding hydrogens is 248 g/mol. The molecule has 0 aromatic heterocycles. The van der Waals surface area contributed by atoms with E-state index in [0.717, 1.165) is 6.54 Å². The van der Waals surface area contributed by atoms with E-state index in [1.807, 2.05) is 6.92 Å². The first-order valence-corrected chi connectivity index (χ1v) is 6.46. The summed E-state index contributed by atoms with van der Waals surface area (Å²) in [7, 11) is 0. The SMILES string of the molecule is CC1CN(C(=O)CN2C(=O)NC(=O)C2(C)C)CCN1. The second-order valence-corrected chi connectivity index (χ2v) is 5.60. The summed E-state index contributed by atoms with van der Waals surface area (Å²) >= 11 is 0. The van der Waals surface area contributed by atoms with Crippen LogP contribution in [-0.2, 0) is 9.59 Å². The van der Waals surface area contributed by atoms with Gasteiger partial charge in [-0.05, 0) is 20.8 Å². The van der Waals surface area contributed by atoms with E-state index >= 15 is 0 Å². The third-order valence-electron chi connectivity index (χ3n) is 3.71. The first-order chi connectivity index (χ1) is 8.82. The number of nitrogens with one attached hydrogen (secondary N) is 2. The van der Waals surface area contributed by atoms with Crippen molar-refractivity contribution >= 4 is 17.8 Å². The largest absolute Gasteiger partial charge is 0.338 e. The van der Waals surface area contributed by atoms with Crippen molar-refractivity contribution in [2.45, 2.75) is 32.4 Å². The van der Waals surface area contributed by atoms with Crippen molar-refractivity contribution in [3.8, 4) is 0 Å². The number of piperazine rings is 1. The van der Waals surface area contributed by atoms with Gasteiger partial charge in [0.15, 0.2) is 0 Å². The maximum Gasteiger partial charge on any atom is 0.325 e. The van der Waals surface area contributed by atoms with Crippen molar-refractivity contribution in [1.82, 2.24) is 20.4 Å². The van der Waals surface area contributed by atoms with Crippen molar-refractivity contribution < 1.29 is 14.4 Å². The zero-order valence-electron chi connectivity index (χ0n) is 11.5. The predicted molar refractivity (Wildman–Crippen MR) is 68.4 cm³/mol. The Bertz CT molecular complexity index is 421. The van der Waals surface area contributed by atoms with Gasteiger partial charge in [-0.2, -0.15) is 0 Å². The number of nitrogens with zero attached hydrogens (tertiary/aromatic N) is 2. The standard InChI is InChI=1S/C12H20N4O3/c1-8-6-15(5-4-13-8)9(17)7-16-11(19)14-10(18)12(16,2)3/h8,13H,4-7H2,1-3H3,(H,14,18,19). The van der Waals surface area contributed by atoms with Crippen LogP contribution in [0.25, 0.3) is 0 Å². The smallest absolute Gasteiger partial charge is 0.325 e. The minimum absolute atomic E-state index is 0.0582. The molecule has 0 saturated carbocycles. The fourth-order valence-corrected chi connectivity index (χ4v) is 2.36. The number of urea groups is 1. The highest BCUT2D eigenvalue weighted by Gasteiger charge is 2.46. The number of carbonyl (C=O) groups excluding carboxylic acids is 3. The van der Waals surface area contributed by atoms with Crippen molar-refractivity contribution in [1.29, 1.82) is 0 Å². The zero-order chi connectivity index (χ0) is 14.2. The molecule has 1 atom stereocenters. The van der Waals surface area contributed by atoms with E-state index in [1.54, 1.807) is 18.7 Å². The van der Waals surface area contributed by atoms with Gasteiger partial charge in [0.25, 0.3) is 5.91 Å². The predicted octanol–water partition coefficient (Wildman–Crippen LogP) is -0.863. The first kappa shape index (κ1) is 13.8. The van der Waals surface area contributed by atoms with Crippen LogP contribution in [0.2, 0.25) is 0 Å². The van der Waals surface area contributed by atoms with Gasteiger partial charge in [-0.3, -0.25) is 14.9 Å². The Labute approximate surface area is 112 Å². The van der Waals surface area contributed by atoms with Gasteiger partial charge >= 0.3 is 6.03 Å². The third-order valence-corrected chi connectivity index (χ3v) is 3.71. The Morgan fingerprint density at radius 3 is 2.63 bits per heavy atom. The second-order valence-electron chi connectivity index (χ2n) is 5.60. The number of amides is 4. The fraction of sp³-hybridized carbons (Fsp3) is 0.750. The van der Waals surface area contributed by atoms with E-state index in [0.29, 0.717) is 13.1 Å². The van der Waals surface area contributed by atoms with Crippen LogP contribution >= 0.6 is 0 Å². The van der Waals surface area contributed by atoms with Gasteiger partial charge in [-0.1, -0.05) is 0 Å². The summed E-state index contributed by atoms with van der Waals surface area (Å²) in [4.78, 5) is 38.5. The van der Waals surface area contributed by atoms with Gasteiger partial charge in [-0.15, -0.1) is 0 Å². The summed E-state index contributed by atoms with van der Waals surface area (Å²) in [6, 6.07) is -0.244. The highest BCUT2D eigenvalue weighted by Crippen LogP contribution is 2.20. The first-order valence-electron chi connectivity index (χ1n) is 6.46.